The summed E-state index contributed by atoms with van der Waals surface area (Å²) in [5, 5.41) is 12.4. The van der Waals surface area contributed by atoms with Gasteiger partial charge in [0.25, 0.3) is 0 Å². The fourth-order valence-corrected chi connectivity index (χ4v) is 4.56. The minimum atomic E-state index is -0.214. The van der Waals surface area contributed by atoms with Crippen molar-refractivity contribution in [2.45, 2.75) is 33.2 Å². The van der Waals surface area contributed by atoms with Gasteiger partial charge >= 0.3 is 0 Å². The molecule has 10 heteroatoms. The zero-order valence-electron chi connectivity index (χ0n) is 20.6. The number of aromatic nitrogens is 3. The van der Waals surface area contributed by atoms with E-state index >= 15 is 0 Å². The molecule has 0 aliphatic carbocycles. The van der Waals surface area contributed by atoms with Gasteiger partial charge in [0.15, 0.2) is 5.82 Å². The number of halogens is 1. The second-order valence-electron chi connectivity index (χ2n) is 9.38. The molecule has 0 saturated heterocycles. The van der Waals surface area contributed by atoms with Crippen LogP contribution in [0.5, 0.6) is 5.75 Å². The van der Waals surface area contributed by atoms with Gasteiger partial charge in [-0.1, -0.05) is 52.8 Å². The van der Waals surface area contributed by atoms with E-state index in [0.717, 1.165) is 22.0 Å². The summed E-state index contributed by atoms with van der Waals surface area (Å²) < 4.78 is 7.13. The summed E-state index contributed by atoms with van der Waals surface area (Å²) in [6.45, 7) is 8.45. The van der Waals surface area contributed by atoms with Crippen molar-refractivity contribution in [2.75, 3.05) is 36.2 Å². The van der Waals surface area contributed by atoms with Crippen LogP contribution in [0.2, 0.25) is 5.02 Å². The lowest BCUT2D eigenvalue weighted by Crippen LogP contribution is -2.30. The molecule has 2 aromatic heterocycles. The Morgan fingerprint density at radius 2 is 1.91 bits per heavy atom. The Balaban J connectivity index is 1.60. The number of nitrogens with zero attached hydrogens (tertiary/aromatic N) is 4. The van der Waals surface area contributed by atoms with Crippen LogP contribution in [0.3, 0.4) is 0 Å². The van der Waals surface area contributed by atoms with Gasteiger partial charge in [-0.3, -0.25) is 4.79 Å². The molecule has 2 heterocycles. The Kier molecular flexibility index (Phi) is 6.91. The number of nitrogens with one attached hydrogen (secondary N) is 2. The first kappa shape index (κ1) is 24.8. The van der Waals surface area contributed by atoms with Crippen LogP contribution in [0.25, 0.3) is 16.2 Å². The highest BCUT2D eigenvalue weighted by Crippen LogP contribution is 2.35. The lowest BCUT2D eigenvalue weighted by molar-refractivity contribution is -0.114. The Morgan fingerprint density at radius 3 is 2.57 bits per heavy atom. The molecule has 1 amide bonds. The van der Waals surface area contributed by atoms with Gasteiger partial charge in [-0.25, -0.2) is 4.98 Å². The lowest BCUT2D eigenvalue weighted by atomic mass is 10.1. The SMILES string of the molecule is COc1ccc(Cl)cc1NC(=O)CN(C)c1nn2c(NC(C)(C)C)c(-c3ccc(C)cc3)nc2s1. The second-order valence-corrected chi connectivity index (χ2v) is 10.7. The topological polar surface area (TPSA) is 83.8 Å². The number of hydrogen-bond donors (Lipinski definition) is 2. The van der Waals surface area contributed by atoms with E-state index < -0.39 is 0 Å². The number of benzene rings is 2. The van der Waals surface area contributed by atoms with E-state index in [1.807, 2.05) is 11.6 Å². The molecule has 0 bridgehead atoms. The Hall–Kier alpha value is -3.30. The van der Waals surface area contributed by atoms with E-state index in [1.54, 1.807) is 30.2 Å². The van der Waals surface area contributed by atoms with Gasteiger partial charge in [0, 0.05) is 23.2 Å². The molecule has 0 unspecified atom stereocenters. The summed E-state index contributed by atoms with van der Waals surface area (Å²) in [4.78, 5) is 20.1. The van der Waals surface area contributed by atoms with Crippen LogP contribution in [0.4, 0.5) is 16.6 Å². The predicted octanol–water partition coefficient (Wildman–Crippen LogP) is 5.71. The van der Waals surface area contributed by atoms with E-state index in [0.29, 0.717) is 21.6 Å². The van der Waals surface area contributed by atoms with Gasteiger partial charge in [0.1, 0.15) is 11.4 Å². The number of anilines is 3. The quantitative estimate of drug-likeness (QED) is 0.330. The summed E-state index contributed by atoms with van der Waals surface area (Å²) in [6, 6.07) is 13.4. The van der Waals surface area contributed by atoms with Crippen molar-refractivity contribution >= 4 is 50.4 Å². The number of aryl methyl sites for hydroxylation is 1. The van der Waals surface area contributed by atoms with Crippen LogP contribution in [0, 0.1) is 6.92 Å². The van der Waals surface area contributed by atoms with Crippen molar-refractivity contribution in [3.8, 4) is 17.0 Å². The molecule has 184 valence electrons. The van der Waals surface area contributed by atoms with Crippen molar-refractivity contribution in [2.24, 2.45) is 0 Å². The van der Waals surface area contributed by atoms with Gasteiger partial charge in [-0.05, 0) is 45.9 Å². The highest BCUT2D eigenvalue weighted by molar-refractivity contribution is 7.20. The van der Waals surface area contributed by atoms with E-state index in [2.05, 4.69) is 62.6 Å². The van der Waals surface area contributed by atoms with Gasteiger partial charge in [0.05, 0.1) is 19.3 Å². The van der Waals surface area contributed by atoms with Crippen LogP contribution in [0.1, 0.15) is 26.3 Å². The molecular weight excluding hydrogens is 484 g/mol. The third kappa shape index (κ3) is 5.68. The highest BCUT2D eigenvalue weighted by atomic mass is 35.5. The molecule has 4 aromatic rings. The van der Waals surface area contributed by atoms with Gasteiger partial charge in [0.2, 0.25) is 16.0 Å². The van der Waals surface area contributed by atoms with E-state index in [9.17, 15) is 4.79 Å². The Labute approximate surface area is 213 Å². The number of amides is 1. The minimum Gasteiger partial charge on any atom is -0.495 e. The number of methoxy groups -OCH3 is 1. The van der Waals surface area contributed by atoms with Crippen molar-refractivity contribution in [3.63, 3.8) is 0 Å². The van der Waals surface area contributed by atoms with E-state index in [4.69, 9.17) is 26.4 Å². The van der Waals surface area contributed by atoms with Crippen molar-refractivity contribution < 1.29 is 9.53 Å². The molecule has 4 rings (SSSR count). The van der Waals surface area contributed by atoms with Gasteiger partial charge in [-0.2, -0.15) is 4.52 Å². The molecule has 2 N–H and O–H groups in total. The van der Waals surface area contributed by atoms with Crippen LogP contribution in [-0.4, -0.2) is 46.7 Å². The maximum Gasteiger partial charge on any atom is 0.244 e. The average Bonchev–Trinajstić information content (AvgIpc) is 3.33. The minimum absolute atomic E-state index is 0.0964. The lowest BCUT2D eigenvalue weighted by Gasteiger charge is -2.22. The summed E-state index contributed by atoms with van der Waals surface area (Å²) >= 11 is 7.50. The number of imidazole rings is 1. The normalized spacial score (nSPS) is 11.5. The third-order valence-corrected chi connectivity index (χ3v) is 6.41. The molecule has 8 nitrogen and oxygen atoms in total. The molecule has 2 aromatic carbocycles. The van der Waals surface area contributed by atoms with Crippen LogP contribution in [0.15, 0.2) is 42.5 Å². The Bertz CT molecular complexity index is 1360. The first-order chi connectivity index (χ1) is 16.5. The van der Waals surface area contributed by atoms with Crippen LogP contribution in [-0.2, 0) is 4.79 Å². The first-order valence-electron chi connectivity index (χ1n) is 11.1. The average molecular weight is 513 g/mol. The zero-order chi connectivity index (χ0) is 25.3. The molecule has 0 spiro atoms. The highest BCUT2D eigenvalue weighted by Gasteiger charge is 2.23. The predicted molar refractivity (Wildman–Crippen MR) is 144 cm³/mol. The molecular formula is C25H29ClN6O2S. The largest absolute Gasteiger partial charge is 0.495 e. The van der Waals surface area contributed by atoms with E-state index in [-0.39, 0.29) is 18.0 Å². The van der Waals surface area contributed by atoms with Crippen molar-refractivity contribution in [1.82, 2.24) is 14.6 Å². The summed E-state index contributed by atoms with van der Waals surface area (Å²) in [7, 11) is 3.37. The molecule has 0 aliphatic heterocycles. The number of likely N-dealkylation sites (N-methyl/N-ethyl adjacent to an activating group) is 1. The molecule has 0 radical (unpaired) electrons. The maximum atomic E-state index is 12.7. The number of ether oxygens (including phenoxy) is 1. The summed E-state index contributed by atoms with van der Waals surface area (Å²) in [5.74, 6) is 1.15. The standard InChI is InChI=1S/C25H29ClN6O2S/c1-15-7-9-16(10-8-15)21-22(29-25(2,3)4)32-23(28-21)35-24(30-32)31(5)14-20(33)27-18-13-17(26)11-12-19(18)34-6/h7-13,29H,14H2,1-6H3,(H,27,33). The summed E-state index contributed by atoms with van der Waals surface area (Å²) in [6.07, 6.45) is 0. The van der Waals surface area contributed by atoms with Crippen LogP contribution < -0.4 is 20.3 Å². The maximum absolute atomic E-state index is 12.7. The van der Waals surface area contributed by atoms with Gasteiger partial charge in [-0.15, -0.1) is 5.10 Å². The Morgan fingerprint density at radius 1 is 1.20 bits per heavy atom. The molecule has 0 aliphatic rings. The number of hydrogen-bond acceptors (Lipinski definition) is 7. The smallest absolute Gasteiger partial charge is 0.244 e. The zero-order valence-corrected chi connectivity index (χ0v) is 22.2. The molecule has 0 fully saturated rings. The number of fused-ring (bicyclic) bond motifs is 1. The first-order valence-corrected chi connectivity index (χ1v) is 12.3. The van der Waals surface area contributed by atoms with Crippen LogP contribution >= 0.6 is 22.9 Å². The van der Waals surface area contributed by atoms with Crippen molar-refractivity contribution in [3.05, 3.63) is 53.1 Å². The third-order valence-electron chi connectivity index (χ3n) is 5.15. The molecule has 35 heavy (non-hydrogen) atoms. The monoisotopic (exact) mass is 512 g/mol. The van der Waals surface area contributed by atoms with E-state index in [1.165, 1.54) is 16.9 Å². The number of carbonyl (C=O) groups is 1. The van der Waals surface area contributed by atoms with Gasteiger partial charge < -0.3 is 20.3 Å². The summed E-state index contributed by atoms with van der Waals surface area (Å²) in [5.41, 5.74) is 3.38. The fourth-order valence-electron chi connectivity index (χ4n) is 3.52. The molecule has 0 atom stereocenters. The molecule has 0 saturated carbocycles. The number of carbonyl (C=O) groups excluding carboxylic acids is 1. The van der Waals surface area contributed by atoms with Crippen molar-refractivity contribution in [1.29, 1.82) is 0 Å². The second kappa shape index (κ2) is 9.75. The fraction of sp³-hybridized carbons (Fsp3) is 0.320. The number of rotatable bonds is 7.